The maximum Gasteiger partial charge on any atom is 1.00 e. The van der Waals surface area contributed by atoms with E-state index < -0.39 is 17.9 Å². The van der Waals surface area contributed by atoms with Crippen molar-refractivity contribution < 1.29 is 70.9 Å². The van der Waals surface area contributed by atoms with E-state index >= 15 is 0 Å². The molecule has 0 aliphatic heterocycles. The first-order valence-electron chi connectivity index (χ1n) is 3.32. The van der Waals surface area contributed by atoms with Gasteiger partial charge in [-0.05, 0) is 25.6 Å². The van der Waals surface area contributed by atoms with Crippen LogP contribution in [-0.2, 0) is 9.59 Å². The predicted octanol–water partition coefficient (Wildman–Crippen LogP) is -4.79. The Kier molecular flexibility index (Phi) is 10.4. The van der Waals surface area contributed by atoms with E-state index in [9.17, 15) is 19.5 Å². The smallest absolute Gasteiger partial charge is 0.528 e. The van der Waals surface area contributed by atoms with Crippen LogP contribution < -0.4 is 61.8 Å². The summed E-state index contributed by atoms with van der Waals surface area (Å²) in [7, 11) is 0. The Hall–Kier alpha value is 0.546. The predicted molar refractivity (Wildman–Crippen MR) is 50.7 cm³/mol. The minimum Gasteiger partial charge on any atom is -0.528 e. The third-order valence-corrected chi connectivity index (χ3v) is 1.94. The molecule has 15 heavy (non-hydrogen) atoms. The molecule has 10 heteroatoms. The van der Waals surface area contributed by atoms with Crippen LogP contribution in [0.4, 0.5) is 4.79 Å². The minimum atomic E-state index is -1.71. The van der Waals surface area contributed by atoms with E-state index in [0.29, 0.717) is 4.41 Å². The van der Waals surface area contributed by atoms with Gasteiger partial charge in [-0.3, -0.25) is 9.59 Å². The van der Waals surface area contributed by atoms with Crippen molar-refractivity contribution in [3.05, 3.63) is 0 Å². The third-order valence-electron chi connectivity index (χ3n) is 1.05. The molecule has 0 aliphatic carbocycles. The SMILES string of the molecule is CC(=O)NCC(=O)N(S)N(S)C(=O)[O-].[K+]. The molecule has 0 aromatic heterocycles. The van der Waals surface area contributed by atoms with Gasteiger partial charge < -0.3 is 15.2 Å². The van der Waals surface area contributed by atoms with Crippen molar-refractivity contribution in [1.29, 1.82) is 0 Å². The number of carbonyl (C=O) groups excluding carboxylic acids is 3. The maximum atomic E-state index is 11.0. The van der Waals surface area contributed by atoms with Gasteiger partial charge in [0.1, 0.15) is 0 Å². The van der Waals surface area contributed by atoms with E-state index in [1.54, 1.807) is 0 Å². The maximum absolute atomic E-state index is 11.0. The fraction of sp³-hybridized carbons (Fsp3) is 0.400. The van der Waals surface area contributed by atoms with Gasteiger partial charge in [0.2, 0.25) is 5.91 Å². The van der Waals surface area contributed by atoms with Gasteiger partial charge in [-0.25, -0.2) is 4.41 Å². The Morgan fingerprint density at radius 3 is 2.07 bits per heavy atom. The normalized spacial score (nSPS) is 8.47. The van der Waals surface area contributed by atoms with Gasteiger partial charge in [-0.15, -0.1) is 0 Å². The second-order valence-electron chi connectivity index (χ2n) is 2.15. The number of carboxylic acid groups (broad SMARTS) is 1. The van der Waals surface area contributed by atoms with Crippen LogP contribution in [0.5, 0.6) is 0 Å². The first kappa shape index (κ1) is 17.9. The summed E-state index contributed by atoms with van der Waals surface area (Å²) in [5, 5.41) is 12.4. The van der Waals surface area contributed by atoms with Crippen LogP contribution in [0.25, 0.3) is 0 Å². The van der Waals surface area contributed by atoms with Gasteiger partial charge in [0.25, 0.3) is 5.91 Å². The number of nitrogens with zero attached hydrogens (tertiary/aromatic N) is 2. The molecule has 0 saturated heterocycles. The van der Waals surface area contributed by atoms with Gasteiger partial charge >= 0.3 is 51.4 Å². The monoisotopic (exact) mass is 277 g/mol. The van der Waals surface area contributed by atoms with E-state index in [1.807, 2.05) is 0 Å². The molecule has 80 valence electrons. The van der Waals surface area contributed by atoms with Crippen LogP contribution in [0.15, 0.2) is 0 Å². The average molecular weight is 277 g/mol. The van der Waals surface area contributed by atoms with Crippen LogP contribution in [0.1, 0.15) is 6.92 Å². The Bertz CT molecular complexity index is 265. The first-order valence-corrected chi connectivity index (χ1v) is 4.12. The molecule has 0 saturated carbocycles. The van der Waals surface area contributed by atoms with Crippen LogP contribution in [0.2, 0.25) is 0 Å². The van der Waals surface area contributed by atoms with Crippen LogP contribution >= 0.6 is 25.6 Å². The molecule has 0 bridgehead atoms. The second kappa shape index (κ2) is 8.67. The second-order valence-corrected chi connectivity index (χ2v) is 2.91. The minimum absolute atomic E-state index is 0. The van der Waals surface area contributed by atoms with Gasteiger partial charge in [-0.2, -0.15) is 4.41 Å². The van der Waals surface area contributed by atoms with Crippen molar-refractivity contribution in [2.24, 2.45) is 0 Å². The molecule has 1 N–H and O–H groups in total. The summed E-state index contributed by atoms with van der Waals surface area (Å²) in [6, 6.07) is 0. The molecule has 3 amide bonds. The standard InChI is InChI=1S/C5H9N3O4S2.K/c1-3(9)6-2-4(10)7(13)8(14)5(11)12;/h13-14H,2H2,1H3,(H,6,9)(H,11,12);/q;+1/p-1. The number of hydrazine groups is 1. The number of nitrogens with one attached hydrogen (secondary N) is 1. The average Bonchev–Trinajstić information content (AvgIpc) is 2.11. The third kappa shape index (κ3) is 7.44. The summed E-state index contributed by atoms with van der Waals surface area (Å²) in [5.41, 5.74) is 0. The van der Waals surface area contributed by atoms with Crippen molar-refractivity contribution in [2.75, 3.05) is 6.54 Å². The Labute approximate surface area is 140 Å². The molecule has 0 radical (unpaired) electrons. The number of amides is 3. The van der Waals surface area contributed by atoms with Gasteiger partial charge in [0.15, 0.2) is 6.09 Å². The molecule has 0 aliphatic rings. The summed E-state index contributed by atoms with van der Waals surface area (Å²) in [6.45, 7) is 0.844. The van der Waals surface area contributed by atoms with Crippen molar-refractivity contribution in [3.63, 3.8) is 0 Å². The summed E-state index contributed by atoms with van der Waals surface area (Å²) in [6.07, 6.45) is -1.71. The molecule has 0 aromatic carbocycles. The van der Waals surface area contributed by atoms with E-state index in [0.717, 1.165) is 0 Å². The first-order chi connectivity index (χ1) is 6.36. The molecule has 7 nitrogen and oxygen atoms in total. The molecular formula is C5H8KN3O4S2. The topological polar surface area (TPSA) is 92.8 Å². The summed E-state index contributed by atoms with van der Waals surface area (Å²) in [5.74, 6) is -1.18. The number of rotatable bonds is 2. The summed E-state index contributed by atoms with van der Waals surface area (Å²) < 4.78 is 0.571. The van der Waals surface area contributed by atoms with Crippen LogP contribution in [0.3, 0.4) is 0 Å². The molecule has 0 atom stereocenters. The molecule has 0 aromatic rings. The van der Waals surface area contributed by atoms with Crippen LogP contribution in [-0.4, -0.2) is 33.3 Å². The number of hydrogen-bond acceptors (Lipinski definition) is 6. The largest absolute Gasteiger partial charge is 1.00 e. The number of carbonyl (C=O) groups is 3. The van der Waals surface area contributed by atoms with Crippen molar-refractivity contribution >= 4 is 43.5 Å². The zero-order valence-electron chi connectivity index (χ0n) is 8.13. The molecule has 0 heterocycles. The van der Waals surface area contributed by atoms with E-state index in [2.05, 4.69) is 30.9 Å². The zero-order valence-corrected chi connectivity index (χ0v) is 13.0. The Morgan fingerprint density at radius 2 is 1.73 bits per heavy atom. The summed E-state index contributed by atoms with van der Waals surface area (Å²) in [4.78, 5) is 31.6. The molecule has 0 rings (SSSR count). The van der Waals surface area contributed by atoms with E-state index in [-0.39, 0.29) is 62.3 Å². The Balaban J connectivity index is 0. The number of thiol groups is 2. The van der Waals surface area contributed by atoms with E-state index in [1.165, 1.54) is 6.92 Å². The van der Waals surface area contributed by atoms with Gasteiger partial charge in [-0.1, -0.05) is 0 Å². The Morgan fingerprint density at radius 1 is 1.27 bits per heavy atom. The van der Waals surface area contributed by atoms with Crippen molar-refractivity contribution in [3.8, 4) is 0 Å². The summed E-state index contributed by atoms with van der Waals surface area (Å²) >= 11 is 6.91. The number of hydrogen-bond donors (Lipinski definition) is 3. The van der Waals surface area contributed by atoms with Crippen molar-refractivity contribution in [2.45, 2.75) is 6.92 Å². The molecular weight excluding hydrogens is 269 g/mol. The molecule has 0 unspecified atom stereocenters. The zero-order chi connectivity index (χ0) is 11.3. The van der Waals surface area contributed by atoms with Gasteiger partial charge in [0.05, 0.1) is 6.54 Å². The quantitative estimate of drug-likeness (QED) is 0.268. The van der Waals surface area contributed by atoms with Crippen LogP contribution in [0, 0.1) is 0 Å². The van der Waals surface area contributed by atoms with Crippen molar-refractivity contribution in [1.82, 2.24) is 14.1 Å². The molecule has 0 fully saturated rings. The fourth-order valence-corrected chi connectivity index (χ4v) is 0.697. The van der Waals surface area contributed by atoms with E-state index in [4.69, 9.17) is 0 Å². The molecule has 0 spiro atoms. The van der Waals surface area contributed by atoms with Gasteiger partial charge in [0, 0.05) is 6.92 Å². The fourth-order valence-electron chi connectivity index (χ4n) is 0.454.